The lowest BCUT2D eigenvalue weighted by Gasteiger charge is -2.22. The highest BCUT2D eigenvalue weighted by atomic mass is 32.1. The van der Waals surface area contributed by atoms with E-state index in [1.165, 1.54) is 10.5 Å². The fraction of sp³-hybridized carbons (Fsp3) is 0.250. The third-order valence-corrected chi connectivity index (χ3v) is 5.54. The Morgan fingerprint density at radius 2 is 2.11 bits per heavy atom. The van der Waals surface area contributed by atoms with Gasteiger partial charge in [-0.05, 0) is 43.8 Å². The first-order chi connectivity index (χ1) is 13.2. The van der Waals surface area contributed by atoms with E-state index in [-0.39, 0.29) is 18.1 Å². The molecule has 0 spiro atoms. The SMILES string of the molecule is CCNC(=O)Nc1ccc(-c2nc(C)sc2C2=CC=NC3NC=CC23)cc1. The van der Waals surface area contributed by atoms with Crippen molar-refractivity contribution in [3.63, 3.8) is 0 Å². The molecule has 7 heteroatoms. The number of carbonyl (C=O) groups excluding carboxylic acids is 1. The number of hydrogen-bond acceptors (Lipinski definition) is 5. The normalized spacial score (nSPS) is 20.0. The number of dihydropyridines is 1. The molecule has 0 fully saturated rings. The molecular formula is C20H21N5OS. The number of nitrogens with one attached hydrogen (secondary N) is 3. The Hall–Kier alpha value is -2.93. The number of aromatic nitrogens is 1. The lowest BCUT2D eigenvalue weighted by Crippen LogP contribution is -2.28. The molecule has 2 atom stereocenters. The Labute approximate surface area is 162 Å². The van der Waals surface area contributed by atoms with Gasteiger partial charge in [-0.15, -0.1) is 11.3 Å². The van der Waals surface area contributed by atoms with Crippen LogP contribution in [-0.2, 0) is 0 Å². The van der Waals surface area contributed by atoms with Crippen LogP contribution in [0.2, 0.25) is 0 Å². The van der Waals surface area contributed by atoms with Crippen LogP contribution in [0.4, 0.5) is 10.5 Å². The summed E-state index contributed by atoms with van der Waals surface area (Å²) in [5.41, 5.74) is 4.00. The molecule has 138 valence electrons. The number of anilines is 1. The molecule has 0 saturated carbocycles. The molecule has 2 aliphatic heterocycles. The van der Waals surface area contributed by atoms with Gasteiger partial charge in [0, 0.05) is 29.9 Å². The summed E-state index contributed by atoms with van der Waals surface area (Å²) >= 11 is 1.70. The summed E-state index contributed by atoms with van der Waals surface area (Å²) in [5.74, 6) is 0.229. The second-order valence-corrected chi connectivity index (χ2v) is 7.59. The second-order valence-electron chi connectivity index (χ2n) is 6.39. The first kappa shape index (κ1) is 17.5. The highest BCUT2D eigenvalue weighted by molar-refractivity contribution is 7.13. The standard InChI is InChI=1S/C20H21N5OS/c1-3-21-20(26)25-14-6-4-13(5-7-14)17-18(27-12(2)24-17)15-8-10-22-19-16(15)9-11-23-19/h4-11,16,19,23H,3H2,1-2H3,(H2,21,25,26). The predicted octanol–water partition coefficient (Wildman–Crippen LogP) is 3.79. The summed E-state index contributed by atoms with van der Waals surface area (Å²) in [7, 11) is 0. The topological polar surface area (TPSA) is 78.4 Å². The Balaban J connectivity index is 1.63. The number of nitrogens with zero attached hydrogens (tertiary/aromatic N) is 2. The molecule has 2 aliphatic rings. The molecule has 3 N–H and O–H groups in total. The lowest BCUT2D eigenvalue weighted by atomic mass is 9.92. The van der Waals surface area contributed by atoms with Gasteiger partial charge >= 0.3 is 6.03 Å². The van der Waals surface area contributed by atoms with Crippen LogP contribution in [0.5, 0.6) is 0 Å². The molecule has 0 saturated heterocycles. The first-order valence-corrected chi connectivity index (χ1v) is 9.76. The zero-order chi connectivity index (χ0) is 18.8. The average Bonchev–Trinajstić information content (AvgIpc) is 3.29. The summed E-state index contributed by atoms with van der Waals surface area (Å²) < 4.78 is 0. The predicted molar refractivity (Wildman–Crippen MR) is 111 cm³/mol. The number of allylic oxidation sites excluding steroid dienone is 1. The van der Waals surface area contributed by atoms with Gasteiger partial charge in [-0.2, -0.15) is 0 Å². The van der Waals surface area contributed by atoms with Crippen LogP contribution in [0.3, 0.4) is 0 Å². The largest absolute Gasteiger partial charge is 0.369 e. The summed E-state index contributed by atoms with van der Waals surface area (Å²) in [5, 5.41) is 9.85. The smallest absolute Gasteiger partial charge is 0.319 e. The minimum Gasteiger partial charge on any atom is -0.369 e. The zero-order valence-corrected chi connectivity index (χ0v) is 16.0. The summed E-state index contributed by atoms with van der Waals surface area (Å²) in [6.45, 7) is 4.51. The van der Waals surface area contributed by atoms with Gasteiger partial charge in [0.1, 0.15) is 6.17 Å². The number of urea groups is 1. The van der Waals surface area contributed by atoms with Gasteiger partial charge in [-0.3, -0.25) is 4.99 Å². The molecule has 2 aromatic rings. The number of hydrogen-bond donors (Lipinski definition) is 3. The first-order valence-electron chi connectivity index (χ1n) is 8.95. The van der Waals surface area contributed by atoms with E-state index in [1.807, 2.05) is 50.5 Å². The zero-order valence-electron chi connectivity index (χ0n) is 15.2. The van der Waals surface area contributed by atoms with Crippen molar-refractivity contribution in [2.45, 2.75) is 20.0 Å². The van der Waals surface area contributed by atoms with Crippen LogP contribution in [0.25, 0.3) is 16.8 Å². The van der Waals surface area contributed by atoms with E-state index in [1.54, 1.807) is 11.3 Å². The van der Waals surface area contributed by atoms with Crippen molar-refractivity contribution >= 4 is 34.8 Å². The number of rotatable bonds is 4. The van der Waals surface area contributed by atoms with E-state index in [4.69, 9.17) is 4.98 Å². The van der Waals surface area contributed by atoms with Gasteiger partial charge < -0.3 is 16.0 Å². The number of benzene rings is 1. The maximum Gasteiger partial charge on any atom is 0.319 e. The van der Waals surface area contributed by atoms with Gasteiger partial charge in [-0.1, -0.05) is 18.2 Å². The summed E-state index contributed by atoms with van der Waals surface area (Å²) in [6.07, 6.45) is 8.16. The molecule has 0 radical (unpaired) electrons. The van der Waals surface area contributed by atoms with Crippen molar-refractivity contribution in [1.29, 1.82) is 0 Å². The van der Waals surface area contributed by atoms with E-state index in [9.17, 15) is 4.79 Å². The van der Waals surface area contributed by atoms with Crippen LogP contribution < -0.4 is 16.0 Å². The van der Waals surface area contributed by atoms with E-state index in [2.05, 4.69) is 33.1 Å². The maximum absolute atomic E-state index is 11.7. The van der Waals surface area contributed by atoms with Crippen molar-refractivity contribution in [3.05, 3.63) is 52.5 Å². The molecule has 1 aromatic carbocycles. The van der Waals surface area contributed by atoms with Crippen LogP contribution in [0, 0.1) is 12.8 Å². The van der Waals surface area contributed by atoms with E-state index in [0.29, 0.717) is 6.54 Å². The molecule has 2 amide bonds. The molecule has 2 unspecified atom stereocenters. The lowest BCUT2D eigenvalue weighted by molar-refractivity contribution is 0.252. The van der Waals surface area contributed by atoms with Crippen molar-refractivity contribution in [1.82, 2.24) is 15.6 Å². The number of fused-ring (bicyclic) bond motifs is 1. The molecule has 27 heavy (non-hydrogen) atoms. The van der Waals surface area contributed by atoms with Gasteiger partial charge in [-0.25, -0.2) is 9.78 Å². The highest BCUT2D eigenvalue weighted by Crippen LogP contribution is 2.40. The Kier molecular flexibility index (Phi) is 4.77. The Bertz CT molecular complexity index is 942. The van der Waals surface area contributed by atoms with Crippen molar-refractivity contribution < 1.29 is 4.79 Å². The van der Waals surface area contributed by atoms with Crippen LogP contribution in [0.1, 0.15) is 16.8 Å². The minimum atomic E-state index is -0.200. The molecule has 1 aromatic heterocycles. The van der Waals surface area contributed by atoms with E-state index < -0.39 is 0 Å². The quantitative estimate of drug-likeness (QED) is 0.756. The monoisotopic (exact) mass is 379 g/mol. The average molecular weight is 379 g/mol. The second kappa shape index (κ2) is 7.36. The highest BCUT2D eigenvalue weighted by Gasteiger charge is 2.30. The Morgan fingerprint density at radius 3 is 2.89 bits per heavy atom. The summed E-state index contributed by atoms with van der Waals surface area (Å²) in [4.78, 5) is 22.1. The van der Waals surface area contributed by atoms with E-state index in [0.717, 1.165) is 22.0 Å². The minimum absolute atomic E-state index is 0.0731. The van der Waals surface area contributed by atoms with Crippen molar-refractivity contribution in [2.24, 2.45) is 10.9 Å². The molecule has 3 heterocycles. The number of amides is 2. The van der Waals surface area contributed by atoms with Crippen molar-refractivity contribution in [3.8, 4) is 11.3 Å². The van der Waals surface area contributed by atoms with Crippen LogP contribution >= 0.6 is 11.3 Å². The van der Waals surface area contributed by atoms with E-state index >= 15 is 0 Å². The molecule has 4 rings (SSSR count). The van der Waals surface area contributed by atoms with Gasteiger partial charge in [0.05, 0.1) is 15.6 Å². The van der Waals surface area contributed by atoms with Gasteiger partial charge in [0.2, 0.25) is 0 Å². The number of carbonyl (C=O) groups is 1. The molecular weight excluding hydrogens is 358 g/mol. The fourth-order valence-corrected chi connectivity index (χ4v) is 4.31. The Morgan fingerprint density at radius 1 is 1.30 bits per heavy atom. The number of aliphatic imine (C=N–C) groups is 1. The van der Waals surface area contributed by atoms with Crippen LogP contribution in [0.15, 0.2) is 47.6 Å². The van der Waals surface area contributed by atoms with Gasteiger partial charge in [0.15, 0.2) is 0 Å². The maximum atomic E-state index is 11.7. The van der Waals surface area contributed by atoms with Crippen LogP contribution in [-0.4, -0.2) is 29.9 Å². The fourth-order valence-electron chi connectivity index (χ4n) is 3.30. The third kappa shape index (κ3) is 3.50. The molecule has 0 aliphatic carbocycles. The molecule has 0 bridgehead atoms. The molecule has 6 nitrogen and oxygen atoms in total. The third-order valence-electron chi connectivity index (χ3n) is 4.52. The van der Waals surface area contributed by atoms with Crippen molar-refractivity contribution in [2.75, 3.05) is 11.9 Å². The van der Waals surface area contributed by atoms with Gasteiger partial charge in [0.25, 0.3) is 0 Å². The number of aryl methyl sites for hydroxylation is 1. The summed E-state index contributed by atoms with van der Waals surface area (Å²) in [6, 6.07) is 7.60. The number of thiazole rings is 1.